The summed E-state index contributed by atoms with van der Waals surface area (Å²) in [6.45, 7) is 1.51. The van der Waals surface area contributed by atoms with Crippen molar-refractivity contribution >= 4 is 55.5 Å². The summed E-state index contributed by atoms with van der Waals surface area (Å²) in [5, 5.41) is 5.95. The summed E-state index contributed by atoms with van der Waals surface area (Å²) < 4.78 is 25.1. The van der Waals surface area contributed by atoms with E-state index in [4.69, 9.17) is 11.6 Å². The van der Waals surface area contributed by atoms with Gasteiger partial charge in [-0.15, -0.1) is 11.3 Å². The van der Waals surface area contributed by atoms with E-state index in [1.165, 1.54) is 11.3 Å². The maximum atomic E-state index is 12.7. The monoisotopic (exact) mass is 491 g/mol. The lowest BCUT2D eigenvalue weighted by Gasteiger charge is -2.31. The Bertz CT molecular complexity index is 1190. The quantitative estimate of drug-likeness (QED) is 0.538. The number of anilines is 3. The minimum atomic E-state index is -3.32. The summed E-state index contributed by atoms with van der Waals surface area (Å²) >= 11 is 7.26. The molecule has 168 valence electrons. The van der Waals surface area contributed by atoms with E-state index < -0.39 is 10.0 Å². The Balaban J connectivity index is 1.32. The van der Waals surface area contributed by atoms with Crippen molar-refractivity contribution in [2.75, 3.05) is 34.3 Å². The number of benzene rings is 1. The molecule has 2 N–H and O–H groups in total. The standard InChI is InChI=1S/C21H22ClN5O3S2/c1-32(29,30)26-17-5-2-14(3-6-17)18-13-31-21(24-18)25-20(28)15-8-10-27(11-9-15)19-7-4-16(22)12-23-19/h2-7,12-13,15,26H,8-11H2,1H3,(H,24,25,28). The number of amides is 1. The number of hydrogen-bond acceptors (Lipinski definition) is 7. The number of nitrogens with one attached hydrogen (secondary N) is 2. The molecule has 2 aromatic heterocycles. The minimum Gasteiger partial charge on any atom is -0.357 e. The average Bonchev–Trinajstić information content (AvgIpc) is 3.22. The first-order chi connectivity index (χ1) is 15.3. The predicted octanol–water partition coefficient (Wildman–Crippen LogP) is 4.09. The molecule has 0 radical (unpaired) electrons. The van der Waals surface area contributed by atoms with Crippen LogP contribution < -0.4 is 14.9 Å². The van der Waals surface area contributed by atoms with Crippen molar-refractivity contribution in [1.82, 2.24) is 9.97 Å². The minimum absolute atomic E-state index is 0.0256. The summed E-state index contributed by atoms with van der Waals surface area (Å²) in [6, 6.07) is 10.6. The van der Waals surface area contributed by atoms with Crippen LogP contribution in [0.4, 0.5) is 16.6 Å². The number of halogens is 1. The zero-order valence-corrected chi connectivity index (χ0v) is 19.7. The lowest BCUT2D eigenvalue weighted by Crippen LogP contribution is -2.38. The van der Waals surface area contributed by atoms with E-state index in [9.17, 15) is 13.2 Å². The van der Waals surface area contributed by atoms with Gasteiger partial charge in [-0.3, -0.25) is 9.52 Å². The zero-order chi connectivity index (χ0) is 22.7. The Morgan fingerprint density at radius 1 is 1.16 bits per heavy atom. The molecule has 1 saturated heterocycles. The maximum Gasteiger partial charge on any atom is 0.229 e. The van der Waals surface area contributed by atoms with Crippen LogP contribution in [0.15, 0.2) is 48.0 Å². The number of carbonyl (C=O) groups excluding carboxylic acids is 1. The molecule has 8 nitrogen and oxygen atoms in total. The first kappa shape index (κ1) is 22.5. The molecule has 0 atom stereocenters. The molecule has 11 heteroatoms. The fourth-order valence-corrected chi connectivity index (χ4v) is 4.92. The van der Waals surface area contributed by atoms with E-state index in [0.717, 1.165) is 49.3 Å². The molecule has 3 aromatic rings. The fraction of sp³-hybridized carbons (Fsp3) is 0.286. The lowest BCUT2D eigenvalue weighted by molar-refractivity contribution is -0.120. The molecule has 32 heavy (non-hydrogen) atoms. The summed E-state index contributed by atoms with van der Waals surface area (Å²) in [5.41, 5.74) is 2.05. The first-order valence-electron chi connectivity index (χ1n) is 9.98. The van der Waals surface area contributed by atoms with E-state index in [1.54, 1.807) is 30.5 Å². The van der Waals surface area contributed by atoms with E-state index in [2.05, 4.69) is 24.9 Å². The number of piperidine rings is 1. The highest BCUT2D eigenvalue weighted by atomic mass is 35.5. The summed E-state index contributed by atoms with van der Waals surface area (Å²) in [4.78, 5) is 23.7. The number of pyridine rings is 1. The third-order valence-electron chi connectivity index (χ3n) is 5.12. The van der Waals surface area contributed by atoms with Crippen molar-refractivity contribution in [2.45, 2.75) is 12.8 Å². The number of nitrogens with zero attached hydrogens (tertiary/aromatic N) is 3. The van der Waals surface area contributed by atoms with Crippen molar-refractivity contribution in [3.05, 3.63) is 53.0 Å². The van der Waals surface area contributed by atoms with Gasteiger partial charge in [0.25, 0.3) is 0 Å². The summed E-state index contributed by atoms with van der Waals surface area (Å²) in [7, 11) is -3.32. The highest BCUT2D eigenvalue weighted by molar-refractivity contribution is 7.92. The topological polar surface area (TPSA) is 104 Å². The number of carbonyl (C=O) groups is 1. The van der Waals surface area contributed by atoms with Gasteiger partial charge in [0.15, 0.2) is 5.13 Å². The molecular formula is C21H22ClN5O3S2. The van der Waals surface area contributed by atoms with Crippen molar-refractivity contribution in [2.24, 2.45) is 5.92 Å². The van der Waals surface area contributed by atoms with Crippen LogP contribution in [-0.4, -0.2) is 43.6 Å². The van der Waals surface area contributed by atoms with Crippen molar-refractivity contribution in [1.29, 1.82) is 0 Å². The molecule has 0 aliphatic carbocycles. The van der Waals surface area contributed by atoms with Crippen LogP contribution in [0.1, 0.15) is 12.8 Å². The Kier molecular flexibility index (Phi) is 6.63. The Labute approximate surface area is 195 Å². The Morgan fingerprint density at radius 3 is 2.50 bits per heavy atom. The van der Waals surface area contributed by atoms with Gasteiger partial charge in [0.1, 0.15) is 5.82 Å². The highest BCUT2D eigenvalue weighted by Gasteiger charge is 2.26. The highest BCUT2D eigenvalue weighted by Crippen LogP contribution is 2.28. The molecule has 4 rings (SSSR count). The lowest BCUT2D eigenvalue weighted by atomic mass is 9.96. The molecule has 1 aromatic carbocycles. The number of sulfonamides is 1. The fourth-order valence-electron chi connectivity index (χ4n) is 3.52. The van der Waals surface area contributed by atoms with Gasteiger partial charge in [0, 0.05) is 41.8 Å². The van der Waals surface area contributed by atoms with Gasteiger partial charge < -0.3 is 10.2 Å². The molecule has 0 spiro atoms. The van der Waals surface area contributed by atoms with Gasteiger partial charge in [0.05, 0.1) is 17.0 Å². The van der Waals surface area contributed by atoms with Crippen LogP contribution in [0.2, 0.25) is 5.02 Å². The molecule has 1 fully saturated rings. The smallest absolute Gasteiger partial charge is 0.229 e. The second kappa shape index (κ2) is 9.43. The third-order valence-corrected chi connectivity index (χ3v) is 6.71. The first-order valence-corrected chi connectivity index (χ1v) is 13.1. The predicted molar refractivity (Wildman–Crippen MR) is 129 cm³/mol. The SMILES string of the molecule is CS(=O)(=O)Nc1ccc(-c2csc(NC(=O)C3CCN(c4ccc(Cl)cn4)CC3)n2)cc1. The van der Waals surface area contributed by atoms with E-state index in [-0.39, 0.29) is 11.8 Å². The molecule has 1 aliphatic heterocycles. The number of hydrogen-bond donors (Lipinski definition) is 2. The van der Waals surface area contributed by atoms with E-state index in [0.29, 0.717) is 15.8 Å². The van der Waals surface area contributed by atoms with Gasteiger partial charge in [-0.25, -0.2) is 18.4 Å². The number of rotatable bonds is 6. The van der Waals surface area contributed by atoms with E-state index in [1.807, 2.05) is 17.5 Å². The van der Waals surface area contributed by atoms with Crippen molar-refractivity contribution < 1.29 is 13.2 Å². The number of thiazole rings is 1. The Hall–Kier alpha value is -2.69. The van der Waals surface area contributed by atoms with Crippen LogP contribution >= 0.6 is 22.9 Å². The zero-order valence-electron chi connectivity index (χ0n) is 17.3. The normalized spacial score (nSPS) is 14.9. The largest absolute Gasteiger partial charge is 0.357 e. The van der Waals surface area contributed by atoms with Crippen molar-refractivity contribution in [3.8, 4) is 11.3 Å². The van der Waals surface area contributed by atoms with Gasteiger partial charge in [-0.1, -0.05) is 23.7 Å². The van der Waals surface area contributed by atoms with E-state index >= 15 is 0 Å². The summed E-state index contributed by atoms with van der Waals surface area (Å²) in [6.07, 6.45) is 4.21. The third kappa shape index (κ3) is 5.76. The van der Waals surface area contributed by atoms with Gasteiger partial charge in [-0.2, -0.15) is 0 Å². The van der Waals surface area contributed by atoms with Gasteiger partial charge >= 0.3 is 0 Å². The molecule has 0 bridgehead atoms. The van der Waals surface area contributed by atoms with Gasteiger partial charge in [-0.05, 0) is 37.1 Å². The molecular weight excluding hydrogens is 470 g/mol. The molecule has 1 aliphatic rings. The molecule has 1 amide bonds. The van der Waals surface area contributed by atoms with Crippen LogP contribution in [0, 0.1) is 5.92 Å². The van der Waals surface area contributed by atoms with Crippen LogP contribution in [0.3, 0.4) is 0 Å². The molecule has 0 unspecified atom stereocenters. The second-order valence-corrected chi connectivity index (χ2v) is 10.6. The average molecular weight is 492 g/mol. The van der Waals surface area contributed by atoms with Gasteiger partial charge in [0.2, 0.25) is 15.9 Å². The Morgan fingerprint density at radius 2 is 1.88 bits per heavy atom. The number of aromatic nitrogens is 2. The van der Waals surface area contributed by atoms with Crippen molar-refractivity contribution in [3.63, 3.8) is 0 Å². The molecule has 3 heterocycles. The van der Waals surface area contributed by atoms with Crippen LogP contribution in [-0.2, 0) is 14.8 Å². The summed E-state index contributed by atoms with van der Waals surface area (Å²) in [5.74, 6) is 0.769. The second-order valence-electron chi connectivity index (χ2n) is 7.57. The molecule has 0 saturated carbocycles. The van der Waals surface area contributed by atoms with Crippen LogP contribution in [0.5, 0.6) is 0 Å². The van der Waals surface area contributed by atoms with Crippen LogP contribution in [0.25, 0.3) is 11.3 Å². The maximum absolute atomic E-state index is 12.7.